The molecule has 0 bridgehead atoms. The number of rotatable bonds is 4. The minimum atomic E-state index is -2.48. The van der Waals surface area contributed by atoms with Gasteiger partial charge in [0, 0.05) is 10.6 Å². The molecule has 0 saturated heterocycles. The van der Waals surface area contributed by atoms with Crippen molar-refractivity contribution in [3.05, 3.63) is 34.9 Å². The van der Waals surface area contributed by atoms with Crippen LogP contribution in [0.3, 0.4) is 0 Å². The van der Waals surface area contributed by atoms with E-state index in [1.807, 2.05) is 0 Å². The molecule has 0 heterocycles. The second-order valence-electron chi connectivity index (χ2n) is 3.69. The van der Waals surface area contributed by atoms with Crippen LogP contribution in [0, 0.1) is 0 Å². The van der Waals surface area contributed by atoms with Crippen molar-refractivity contribution in [3.63, 3.8) is 0 Å². The molecule has 0 aliphatic heterocycles. The van der Waals surface area contributed by atoms with Gasteiger partial charge in [-0.2, -0.15) is 0 Å². The Morgan fingerprint density at radius 1 is 1.41 bits per heavy atom. The van der Waals surface area contributed by atoms with Gasteiger partial charge in [0.2, 0.25) is 5.67 Å². The van der Waals surface area contributed by atoms with E-state index in [1.54, 1.807) is 0 Å². The smallest absolute Gasteiger partial charge is 0.343 e. The number of hydrogen-bond donors (Lipinski definition) is 2. The molecular weight excluding hydrogens is 249 g/mol. The lowest BCUT2D eigenvalue weighted by Crippen LogP contribution is -2.43. The molecular formula is C11H11ClFNO3. The highest BCUT2D eigenvalue weighted by Gasteiger charge is 2.33. The summed E-state index contributed by atoms with van der Waals surface area (Å²) < 4.78 is 13.3. The van der Waals surface area contributed by atoms with Crippen molar-refractivity contribution >= 4 is 23.5 Å². The average molecular weight is 260 g/mol. The standard InChI is InChI=1S/C11H11ClFNO3/c1-11(13,10(16)17)6-14-9(15)7-2-4-8(12)5-3-7/h2-5H,6H2,1H3,(H,14,15)(H,16,17). The van der Waals surface area contributed by atoms with Crippen molar-refractivity contribution in [1.82, 2.24) is 5.32 Å². The predicted octanol–water partition coefficient (Wildman–Crippen LogP) is 1.88. The van der Waals surface area contributed by atoms with E-state index in [1.165, 1.54) is 24.3 Å². The van der Waals surface area contributed by atoms with Gasteiger partial charge in [0.25, 0.3) is 5.91 Å². The third-order valence-electron chi connectivity index (χ3n) is 2.13. The number of carboxylic acids is 1. The minimum absolute atomic E-state index is 0.288. The van der Waals surface area contributed by atoms with Crippen molar-refractivity contribution in [2.75, 3.05) is 6.54 Å². The predicted molar refractivity (Wildman–Crippen MR) is 60.9 cm³/mol. The number of carbonyl (C=O) groups is 2. The number of carboxylic acid groups (broad SMARTS) is 1. The second kappa shape index (κ2) is 5.14. The number of benzene rings is 1. The molecule has 0 aliphatic rings. The summed E-state index contributed by atoms with van der Waals surface area (Å²) in [6, 6.07) is 5.96. The zero-order valence-electron chi connectivity index (χ0n) is 9.04. The largest absolute Gasteiger partial charge is 0.479 e. The Kier molecular flexibility index (Phi) is 4.07. The molecule has 0 aliphatic carbocycles. The van der Waals surface area contributed by atoms with Crippen LogP contribution in [0.1, 0.15) is 17.3 Å². The first kappa shape index (κ1) is 13.4. The van der Waals surface area contributed by atoms with E-state index < -0.39 is 24.1 Å². The zero-order chi connectivity index (χ0) is 13.1. The lowest BCUT2D eigenvalue weighted by Gasteiger charge is -2.15. The number of aliphatic carboxylic acids is 1. The zero-order valence-corrected chi connectivity index (χ0v) is 9.79. The van der Waals surface area contributed by atoms with E-state index in [9.17, 15) is 14.0 Å². The van der Waals surface area contributed by atoms with Crippen molar-refractivity contribution in [2.45, 2.75) is 12.6 Å². The molecule has 2 N–H and O–H groups in total. The number of nitrogens with one attached hydrogen (secondary N) is 1. The van der Waals surface area contributed by atoms with Crippen LogP contribution in [-0.2, 0) is 4.79 Å². The van der Waals surface area contributed by atoms with Crippen LogP contribution in [0.25, 0.3) is 0 Å². The molecule has 0 saturated carbocycles. The van der Waals surface area contributed by atoms with E-state index in [4.69, 9.17) is 16.7 Å². The maximum atomic E-state index is 13.3. The van der Waals surface area contributed by atoms with Crippen LogP contribution in [0.5, 0.6) is 0 Å². The van der Waals surface area contributed by atoms with Gasteiger partial charge < -0.3 is 10.4 Å². The van der Waals surface area contributed by atoms with Gasteiger partial charge in [0.15, 0.2) is 0 Å². The highest BCUT2D eigenvalue weighted by Crippen LogP contribution is 2.11. The van der Waals surface area contributed by atoms with Gasteiger partial charge in [-0.25, -0.2) is 9.18 Å². The summed E-state index contributed by atoms with van der Waals surface area (Å²) in [6.45, 7) is 0.293. The molecule has 17 heavy (non-hydrogen) atoms. The van der Waals surface area contributed by atoms with E-state index in [2.05, 4.69) is 5.32 Å². The van der Waals surface area contributed by atoms with Gasteiger partial charge in [-0.1, -0.05) is 11.6 Å². The minimum Gasteiger partial charge on any atom is -0.479 e. The molecule has 0 spiro atoms. The normalized spacial score (nSPS) is 13.8. The third kappa shape index (κ3) is 3.71. The molecule has 1 unspecified atom stereocenters. The summed E-state index contributed by atoms with van der Waals surface area (Å²) in [7, 11) is 0. The molecule has 92 valence electrons. The topological polar surface area (TPSA) is 66.4 Å². The van der Waals surface area contributed by atoms with Gasteiger partial charge >= 0.3 is 5.97 Å². The van der Waals surface area contributed by atoms with E-state index >= 15 is 0 Å². The van der Waals surface area contributed by atoms with Gasteiger partial charge in [-0.3, -0.25) is 4.79 Å². The average Bonchev–Trinajstić information content (AvgIpc) is 2.27. The highest BCUT2D eigenvalue weighted by atomic mass is 35.5. The quantitative estimate of drug-likeness (QED) is 0.868. The Balaban J connectivity index is 2.62. The molecule has 1 aromatic carbocycles. The SMILES string of the molecule is CC(F)(CNC(=O)c1ccc(Cl)cc1)C(=O)O. The van der Waals surface area contributed by atoms with Crippen LogP contribution >= 0.6 is 11.6 Å². The molecule has 1 atom stereocenters. The summed E-state index contributed by atoms with van der Waals surface area (Å²) >= 11 is 5.64. The molecule has 0 radical (unpaired) electrons. The van der Waals surface area contributed by atoms with Gasteiger partial charge in [-0.15, -0.1) is 0 Å². The van der Waals surface area contributed by atoms with Crippen LogP contribution in [0.4, 0.5) is 4.39 Å². The number of hydrogen-bond acceptors (Lipinski definition) is 2. The molecule has 4 nitrogen and oxygen atoms in total. The van der Waals surface area contributed by atoms with Crippen LogP contribution in [0.15, 0.2) is 24.3 Å². The van der Waals surface area contributed by atoms with Crippen LogP contribution in [-0.4, -0.2) is 29.2 Å². The highest BCUT2D eigenvalue weighted by molar-refractivity contribution is 6.30. The second-order valence-corrected chi connectivity index (χ2v) is 4.13. The summed E-state index contributed by atoms with van der Waals surface area (Å²) in [5, 5.41) is 11.2. The summed E-state index contributed by atoms with van der Waals surface area (Å²) in [6.07, 6.45) is 0. The maximum absolute atomic E-state index is 13.3. The number of halogens is 2. The summed E-state index contributed by atoms with van der Waals surface area (Å²) in [5.74, 6) is -2.17. The number of amides is 1. The molecule has 1 aromatic rings. The maximum Gasteiger partial charge on any atom is 0.343 e. The first-order valence-electron chi connectivity index (χ1n) is 4.79. The van der Waals surface area contributed by atoms with E-state index in [0.717, 1.165) is 6.92 Å². The number of carbonyl (C=O) groups excluding carboxylic acids is 1. The Bertz CT molecular complexity index is 431. The van der Waals surface area contributed by atoms with Crippen molar-refractivity contribution < 1.29 is 19.1 Å². The molecule has 0 aromatic heterocycles. The molecule has 6 heteroatoms. The summed E-state index contributed by atoms with van der Waals surface area (Å²) in [4.78, 5) is 22.0. The van der Waals surface area contributed by atoms with E-state index in [0.29, 0.717) is 5.02 Å². The first-order valence-corrected chi connectivity index (χ1v) is 5.17. The van der Waals surface area contributed by atoms with Gasteiger partial charge in [0.05, 0.1) is 6.54 Å². The first-order chi connectivity index (χ1) is 7.83. The summed E-state index contributed by atoms with van der Waals surface area (Å²) in [5.41, 5.74) is -2.20. The Morgan fingerprint density at radius 3 is 2.41 bits per heavy atom. The lowest BCUT2D eigenvalue weighted by atomic mass is 10.1. The van der Waals surface area contributed by atoms with Crippen LogP contribution < -0.4 is 5.32 Å². The Morgan fingerprint density at radius 2 is 1.94 bits per heavy atom. The fourth-order valence-electron chi connectivity index (χ4n) is 1.03. The molecule has 0 fully saturated rings. The lowest BCUT2D eigenvalue weighted by molar-refractivity contribution is -0.149. The Labute approximate surface area is 102 Å². The molecule has 1 amide bonds. The van der Waals surface area contributed by atoms with E-state index in [-0.39, 0.29) is 5.56 Å². The van der Waals surface area contributed by atoms with Gasteiger partial charge in [0.1, 0.15) is 0 Å². The Hall–Kier alpha value is -1.62. The van der Waals surface area contributed by atoms with Crippen molar-refractivity contribution in [3.8, 4) is 0 Å². The van der Waals surface area contributed by atoms with Gasteiger partial charge in [-0.05, 0) is 31.2 Å². The fourth-order valence-corrected chi connectivity index (χ4v) is 1.15. The number of alkyl halides is 1. The monoisotopic (exact) mass is 259 g/mol. The molecule has 1 rings (SSSR count). The van der Waals surface area contributed by atoms with Crippen LogP contribution in [0.2, 0.25) is 5.02 Å². The third-order valence-corrected chi connectivity index (χ3v) is 2.39. The fraction of sp³-hybridized carbons (Fsp3) is 0.273. The van der Waals surface area contributed by atoms with Crippen molar-refractivity contribution in [1.29, 1.82) is 0 Å². The van der Waals surface area contributed by atoms with Crippen molar-refractivity contribution in [2.24, 2.45) is 0 Å².